The molecule has 0 saturated carbocycles. The van der Waals surface area contributed by atoms with E-state index < -0.39 is 0 Å². The molecule has 98 valence electrons. The normalized spacial score (nSPS) is 15.3. The fourth-order valence-electron chi connectivity index (χ4n) is 1.95. The Bertz CT molecular complexity index is 404. The van der Waals surface area contributed by atoms with Crippen molar-refractivity contribution in [3.05, 3.63) is 12.3 Å². The van der Waals surface area contributed by atoms with Gasteiger partial charge in [-0.3, -0.25) is 10.2 Å². The van der Waals surface area contributed by atoms with Crippen molar-refractivity contribution < 1.29 is 4.79 Å². The van der Waals surface area contributed by atoms with E-state index in [9.17, 15) is 4.79 Å². The number of nitrogens with one attached hydrogen (secondary N) is 2. The van der Waals surface area contributed by atoms with Gasteiger partial charge >= 0.3 is 0 Å². The molecule has 0 atom stereocenters. The first-order valence-electron chi connectivity index (χ1n) is 6.11. The smallest absolute Gasteiger partial charge is 0.241 e. The molecule has 0 radical (unpaired) electrons. The lowest BCUT2D eigenvalue weighted by Crippen LogP contribution is -2.39. The second-order valence-corrected chi connectivity index (χ2v) is 4.20. The number of likely N-dealkylation sites (tertiary alicyclic amines) is 1. The second-order valence-electron chi connectivity index (χ2n) is 4.20. The van der Waals surface area contributed by atoms with E-state index in [4.69, 9.17) is 5.84 Å². The van der Waals surface area contributed by atoms with Crippen molar-refractivity contribution in [3.63, 3.8) is 0 Å². The van der Waals surface area contributed by atoms with E-state index in [1.165, 1.54) is 6.42 Å². The Morgan fingerprint density at radius 3 is 2.89 bits per heavy atom. The highest BCUT2D eigenvalue weighted by molar-refractivity contribution is 5.80. The minimum absolute atomic E-state index is 0.107. The monoisotopic (exact) mass is 250 g/mol. The topological polar surface area (TPSA) is 96.2 Å². The molecule has 1 aromatic rings. The summed E-state index contributed by atoms with van der Waals surface area (Å²) in [6, 6.07) is 1.70. The standard InChI is InChI=1S/C11H18N6O/c12-16-11-13-5-4-9(15-11)14-8-10(18)17-6-2-1-3-7-17/h4-5H,1-3,6-8,12H2,(H2,13,14,15,16). The number of piperidine rings is 1. The third kappa shape index (κ3) is 3.30. The summed E-state index contributed by atoms with van der Waals surface area (Å²) in [5.74, 6) is 6.23. The number of nitrogens with two attached hydrogens (primary N) is 1. The highest BCUT2D eigenvalue weighted by Crippen LogP contribution is 2.09. The average Bonchev–Trinajstić information content (AvgIpc) is 2.46. The van der Waals surface area contributed by atoms with Gasteiger partial charge in [0, 0.05) is 19.3 Å². The fraction of sp³-hybridized carbons (Fsp3) is 0.545. The Morgan fingerprint density at radius 2 is 2.17 bits per heavy atom. The van der Waals surface area contributed by atoms with Crippen LogP contribution in [0.25, 0.3) is 0 Å². The molecule has 2 rings (SSSR count). The van der Waals surface area contributed by atoms with Crippen molar-refractivity contribution in [2.75, 3.05) is 30.4 Å². The first kappa shape index (κ1) is 12.6. The lowest BCUT2D eigenvalue weighted by atomic mass is 10.1. The van der Waals surface area contributed by atoms with E-state index in [1.54, 1.807) is 12.3 Å². The summed E-state index contributed by atoms with van der Waals surface area (Å²) in [4.78, 5) is 21.8. The minimum Gasteiger partial charge on any atom is -0.361 e. The van der Waals surface area contributed by atoms with Crippen LogP contribution in [0.15, 0.2) is 12.3 Å². The van der Waals surface area contributed by atoms with Crippen molar-refractivity contribution in [1.82, 2.24) is 14.9 Å². The van der Waals surface area contributed by atoms with Gasteiger partial charge in [-0.15, -0.1) is 0 Å². The Hall–Kier alpha value is -1.89. The molecule has 2 heterocycles. The number of nitrogen functional groups attached to an aromatic ring is 1. The van der Waals surface area contributed by atoms with Crippen molar-refractivity contribution in [3.8, 4) is 0 Å². The summed E-state index contributed by atoms with van der Waals surface area (Å²) in [6.45, 7) is 1.97. The SMILES string of the molecule is NNc1nccc(NCC(=O)N2CCCCC2)n1. The Morgan fingerprint density at radius 1 is 1.39 bits per heavy atom. The molecular formula is C11H18N6O. The highest BCUT2D eigenvalue weighted by atomic mass is 16.2. The van der Waals surface area contributed by atoms with E-state index >= 15 is 0 Å². The summed E-state index contributed by atoms with van der Waals surface area (Å²) in [5, 5.41) is 2.98. The van der Waals surface area contributed by atoms with E-state index in [1.807, 2.05) is 4.90 Å². The van der Waals surface area contributed by atoms with Crippen LogP contribution in [-0.2, 0) is 4.79 Å². The number of anilines is 2. The van der Waals surface area contributed by atoms with Crippen LogP contribution in [0.3, 0.4) is 0 Å². The van der Waals surface area contributed by atoms with Crippen LogP contribution >= 0.6 is 0 Å². The zero-order valence-corrected chi connectivity index (χ0v) is 10.2. The number of aromatic nitrogens is 2. The van der Waals surface area contributed by atoms with Crippen LogP contribution < -0.4 is 16.6 Å². The molecule has 0 aromatic carbocycles. The maximum Gasteiger partial charge on any atom is 0.241 e. The number of nitrogens with zero attached hydrogens (tertiary/aromatic N) is 3. The van der Waals surface area contributed by atoms with Gasteiger partial charge in [-0.05, 0) is 25.3 Å². The van der Waals surface area contributed by atoms with Crippen LogP contribution in [0.2, 0.25) is 0 Å². The number of hydrazine groups is 1. The molecule has 7 nitrogen and oxygen atoms in total. The zero-order valence-electron chi connectivity index (χ0n) is 10.2. The average molecular weight is 250 g/mol. The molecule has 1 saturated heterocycles. The van der Waals surface area contributed by atoms with Crippen LogP contribution in [0.4, 0.5) is 11.8 Å². The maximum atomic E-state index is 11.9. The van der Waals surface area contributed by atoms with E-state index in [0.717, 1.165) is 25.9 Å². The van der Waals surface area contributed by atoms with Crippen molar-refractivity contribution in [2.45, 2.75) is 19.3 Å². The molecule has 0 bridgehead atoms. The van der Waals surface area contributed by atoms with Gasteiger partial charge in [-0.2, -0.15) is 4.98 Å². The minimum atomic E-state index is 0.107. The van der Waals surface area contributed by atoms with Gasteiger partial charge in [0.15, 0.2) is 0 Å². The first-order valence-corrected chi connectivity index (χ1v) is 6.11. The first-order chi connectivity index (χ1) is 8.79. The van der Waals surface area contributed by atoms with Gasteiger partial charge in [0.1, 0.15) is 5.82 Å². The highest BCUT2D eigenvalue weighted by Gasteiger charge is 2.15. The van der Waals surface area contributed by atoms with Crippen LogP contribution in [-0.4, -0.2) is 40.4 Å². The van der Waals surface area contributed by atoms with Gasteiger partial charge in [-0.1, -0.05) is 0 Å². The predicted octanol–water partition coefficient (Wildman–Crippen LogP) is 0.187. The van der Waals surface area contributed by atoms with Gasteiger partial charge in [0.2, 0.25) is 11.9 Å². The molecule has 1 aliphatic rings. The second kappa shape index (κ2) is 6.15. The summed E-state index contributed by atoms with van der Waals surface area (Å²) in [6.07, 6.45) is 4.99. The molecular weight excluding hydrogens is 232 g/mol. The lowest BCUT2D eigenvalue weighted by molar-refractivity contribution is -0.130. The van der Waals surface area contributed by atoms with Crippen molar-refractivity contribution in [2.24, 2.45) is 5.84 Å². The molecule has 0 spiro atoms. The van der Waals surface area contributed by atoms with Gasteiger partial charge in [0.25, 0.3) is 0 Å². The molecule has 1 aliphatic heterocycles. The fourth-order valence-corrected chi connectivity index (χ4v) is 1.95. The van der Waals surface area contributed by atoms with Crippen LogP contribution in [0.5, 0.6) is 0 Å². The van der Waals surface area contributed by atoms with Gasteiger partial charge in [0.05, 0.1) is 6.54 Å². The van der Waals surface area contributed by atoms with Crippen LogP contribution in [0, 0.1) is 0 Å². The molecule has 1 amide bonds. The van der Waals surface area contributed by atoms with E-state index in [0.29, 0.717) is 11.8 Å². The lowest BCUT2D eigenvalue weighted by Gasteiger charge is -2.26. The zero-order chi connectivity index (χ0) is 12.8. The van der Waals surface area contributed by atoms with Gasteiger partial charge < -0.3 is 10.2 Å². The largest absolute Gasteiger partial charge is 0.361 e. The summed E-state index contributed by atoms with van der Waals surface area (Å²) in [5.41, 5.74) is 2.36. The van der Waals surface area contributed by atoms with Crippen LogP contribution in [0.1, 0.15) is 19.3 Å². The Balaban J connectivity index is 1.84. The summed E-state index contributed by atoms with van der Waals surface area (Å²) in [7, 11) is 0. The van der Waals surface area contributed by atoms with Crippen molar-refractivity contribution >= 4 is 17.7 Å². The van der Waals surface area contributed by atoms with E-state index in [2.05, 4.69) is 20.7 Å². The molecule has 1 aromatic heterocycles. The molecule has 0 unspecified atom stereocenters. The summed E-state index contributed by atoms with van der Waals surface area (Å²) < 4.78 is 0. The number of amides is 1. The number of rotatable bonds is 4. The Labute approximate surface area is 106 Å². The third-order valence-electron chi connectivity index (χ3n) is 2.91. The van der Waals surface area contributed by atoms with Crippen molar-refractivity contribution in [1.29, 1.82) is 0 Å². The summed E-state index contributed by atoms with van der Waals surface area (Å²) >= 11 is 0. The number of hydrogen-bond acceptors (Lipinski definition) is 6. The van der Waals surface area contributed by atoms with Gasteiger partial charge in [-0.25, -0.2) is 10.8 Å². The third-order valence-corrected chi connectivity index (χ3v) is 2.91. The molecule has 18 heavy (non-hydrogen) atoms. The Kier molecular flexibility index (Phi) is 4.30. The molecule has 0 aliphatic carbocycles. The predicted molar refractivity (Wildman–Crippen MR) is 68.8 cm³/mol. The quantitative estimate of drug-likeness (QED) is 0.521. The number of carbonyl (C=O) groups excluding carboxylic acids is 1. The molecule has 1 fully saturated rings. The number of hydrogen-bond donors (Lipinski definition) is 3. The number of carbonyl (C=O) groups is 1. The molecule has 7 heteroatoms. The maximum absolute atomic E-state index is 11.9. The van der Waals surface area contributed by atoms with E-state index in [-0.39, 0.29) is 12.5 Å². The molecule has 4 N–H and O–H groups in total.